The molecule has 0 aliphatic rings. The lowest BCUT2D eigenvalue weighted by molar-refractivity contribution is 0.856. The summed E-state index contributed by atoms with van der Waals surface area (Å²) >= 11 is 0. The average Bonchev–Trinajstić information content (AvgIpc) is 3.19. The highest BCUT2D eigenvalue weighted by Gasteiger charge is 2.01. The third-order valence-electron chi connectivity index (χ3n) is 10.4. The Labute approximate surface area is 371 Å². The number of aryl methyl sites for hydroxylation is 6. The molecule has 0 aromatic heterocycles. The van der Waals surface area contributed by atoms with Gasteiger partial charge >= 0.3 is 0 Å². The fourth-order valence-electron chi connectivity index (χ4n) is 6.30. The maximum Gasteiger partial charge on any atom is -0.0216 e. The minimum atomic E-state index is 0.653. The predicted octanol–water partition coefficient (Wildman–Crippen LogP) is 18.7. The Bertz CT molecular complexity index is 1820. The van der Waals surface area contributed by atoms with Crippen molar-refractivity contribution in [2.24, 2.45) is 0 Å². The van der Waals surface area contributed by atoms with Gasteiger partial charge in [-0.3, -0.25) is 0 Å². The number of benzene rings is 6. The van der Waals surface area contributed by atoms with Crippen LogP contribution in [-0.4, -0.2) is 0 Å². The summed E-state index contributed by atoms with van der Waals surface area (Å²) in [5, 5.41) is 0. The van der Waals surface area contributed by atoms with Crippen LogP contribution in [0.5, 0.6) is 0 Å². The smallest absolute Gasteiger partial charge is 0.0216 e. The molecule has 0 heterocycles. The van der Waals surface area contributed by atoms with Gasteiger partial charge in [0.05, 0.1) is 0 Å². The van der Waals surface area contributed by atoms with Crippen LogP contribution in [0.25, 0.3) is 0 Å². The molecule has 6 aromatic rings. The summed E-state index contributed by atoms with van der Waals surface area (Å²) in [5.74, 6) is 3.92. The minimum absolute atomic E-state index is 0.653. The fraction of sp³-hybridized carbons (Fsp3) is 0.400. The quantitative estimate of drug-likeness (QED) is 0.157. The minimum Gasteiger partial charge on any atom is -0.0620 e. The molecule has 0 fully saturated rings. The maximum atomic E-state index is 2.24. The van der Waals surface area contributed by atoms with Crippen LogP contribution in [0, 0.1) is 41.5 Å². The van der Waals surface area contributed by atoms with Crippen LogP contribution in [-0.2, 0) is 0 Å². The van der Waals surface area contributed by atoms with Gasteiger partial charge in [0.2, 0.25) is 0 Å². The zero-order valence-corrected chi connectivity index (χ0v) is 41.3. The lowest BCUT2D eigenvalue weighted by Crippen LogP contribution is -1.89. The fourth-order valence-corrected chi connectivity index (χ4v) is 6.30. The molecule has 0 unspecified atom stereocenters. The molecular weight excluding hydrogens is 721 g/mol. The van der Waals surface area contributed by atoms with Crippen molar-refractivity contribution in [3.8, 4) is 0 Å². The molecule has 6 aromatic carbocycles. The molecular formula is C60H84. The summed E-state index contributed by atoms with van der Waals surface area (Å²) in [6.07, 6.45) is 0. The third-order valence-corrected chi connectivity index (χ3v) is 10.4. The van der Waals surface area contributed by atoms with Crippen molar-refractivity contribution in [3.05, 3.63) is 212 Å². The molecule has 0 aliphatic heterocycles. The SMILES string of the molecule is Cc1ccc(C(C)C)cc1.Cc1cccc(C(C)C)c1.Cc1cccc(C(C)C)c1.Cc1cccc(C(C)C)c1.Cc1cccc(C(C)C)c1.Cc1ccccc1C(C)C. The van der Waals surface area contributed by atoms with E-state index in [4.69, 9.17) is 0 Å². The highest BCUT2D eigenvalue weighted by atomic mass is 14.1. The Morgan fingerprint density at radius 3 is 0.717 bits per heavy atom. The summed E-state index contributed by atoms with van der Waals surface area (Å²) < 4.78 is 0. The molecule has 0 bridgehead atoms. The number of rotatable bonds is 6. The zero-order chi connectivity index (χ0) is 45.4. The van der Waals surface area contributed by atoms with E-state index in [9.17, 15) is 0 Å². The van der Waals surface area contributed by atoms with Crippen LogP contribution >= 0.6 is 0 Å². The van der Waals surface area contributed by atoms with Gasteiger partial charge in [-0.2, -0.15) is 0 Å². The third kappa shape index (κ3) is 22.6. The van der Waals surface area contributed by atoms with Crippen LogP contribution < -0.4 is 0 Å². The molecule has 324 valence electrons. The van der Waals surface area contributed by atoms with Crippen molar-refractivity contribution in [2.75, 3.05) is 0 Å². The van der Waals surface area contributed by atoms with Gasteiger partial charge in [-0.1, -0.05) is 256 Å². The summed E-state index contributed by atoms with van der Waals surface area (Å²) in [6, 6.07) is 51.9. The highest BCUT2D eigenvalue weighted by molar-refractivity contribution is 5.29. The maximum absolute atomic E-state index is 2.24. The van der Waals surface area contributed by atoms with Gasteiger partial charge in [-0.25, -0.2) is 0 Å². The van der Waals surface area contributed by atoms with E-state index in [0.29, 0.717) is 35.5 Å². The van der Waals surface area contributed by atoms with Crippen molar-refractivity contribution < 1.29 is 0 Å². The molecule has 60 heavy (non-hydrogen) atoms. The topological polar surface area (TPSA) is 0 Å². The van der Waals surface area contributed by atoms with Gasteiger partial charge < -0.3 is 0 Å². The van der Waals surface area contributed by atoms with Crippen molar-refractivity contribution in [1.29, 1.82) is 0 Å². The largest absolute Gasteiger partial charge is 0.0620 e. The summed E-state index contributed by atoms with van der Waals surface area (Å²) in [5.41, 5.74) is 16.8. The summed E-state index contributed by atoms with van der Waals surface area (Å²) in [6.45, 7) is 39.4. The Balaban J connectivity index is 0.000000360. The van der Waals surface area contributed by atoms with E-state index in [1.165, 1.54) is 66.8 Å². The molecule has 0 N–H and O–H groups in total. The van der Waals surface area contributed by atoms with Crippen molar-refractivity contribution in [3.63, 3.8) is 0 Å². The van der Waals surface area contributed by atoms with E-state index in [1.807, 2.05) is 0 Å². The standard InChI is InChI=1S/6C10H14/c1-8(2)10-6-4-9(3)5-7-10;4*1-8(2)10-6-4-5-9(3)7-10;1-8(2)10-7-5-4-6-9(10)3/h6*4-8H,1-3H3. The van der Waals surface area contributed by atoms with Crippen LogP contribution in [0.1, 0.15) is 185 Å². The monoisotopic (exact) mass is 805 g/mol. The van der Waals surface area contributed by atoms with Crippen LogP contribution in [0.3, 0.4) is 0 Å². The molecule has 0 amide bonds. The van der Waals surface area contributed by atoms with E-state index < -0.39 is 0 Å². The van der Waals surface area contributed by atoms with E-state index in [2.05, 4.69) is 270 Å². The van der Waals surface area contributed by atoms with E-state index in [-0.39, 0.29) is 0 Å². The first-order chi connectivity index (χ1) is 28.2. The second-order valence-electron chi connectivity index (χ2n) is 18.4. The van der Waals surface area contributed by atoms with Gasteiger partial charge in [0.1, 0.15) is 0 Å². The first-order valence-corrected chi connectivity index (χ1v) is 22.6. The Morgan fingerprint density at radius 2 is 0.517 bits per heavy atom. The Kier molecular flexibility index (Phi) is 25.5. The molecule has 0 saturated carbocycles. The van der Waals surface area contributed by atoms with Crippen LogP contribution in [0.4, 0.5) is 0 Å². The second-order valence-corrected chi connectivity index (χ2v) is 18.4. The first-order valence-electron chi connectivity index (χ1n) is 22.6. The normalized spacial score (nSPS) is 10.4. The van der Waals surface area contributed by atoms with Gasteiger partial charge in [0.15, 0.2) is 0 Å². The molecule has 0 atom stereocenters. The van der Waals surface area contributed by atoms with E-state index in [1.54, 1.807) is 0 Å². The molecule has 0 spiro atoms. The predicted molar refractivity (Wildman–Crippen MR) is 272 cm³/mol. The average molecular weight is 805 g/mol. The lowest BCUT2D eigenvalue weighted by atomic mass is 9.99. The summed E-state index contributed by atoms with van der Waals surface area (Å²) in [4.78, 5) is 0. The van der Waals surface area contributed by atoms with Gasteiger partial charge in [-0.15, -0.1) is 0 Å². The summed E-state index contributed by atoms with van der Waals surface area (Å²) in [7, 11) is 0. The van der Waals surface area contributed by atoms with E-state index in [0.717, 1.165) is 0 Å². The van der Waals surface area contributed by atoms with Gasteiger partial charge in [0.25, 0.3) is 0 Å². The van der Waals surface area contributed by atoms with Gasteiger partial charge in [0, 0.05) is 0 Å². The van der Waals surface area contributed by atoms with Gasteiger partial charge in [-0.05, 0) is 116 Å². The molecule has 0 aliphatic carbocycles. The number of hydrogen-bond donors (Lipinski definition) is 0. The molecule has 0 heteroatoms. The first kappa shape index (κ1) is 53.3. The van der Waals surface area contributed by atoms with Crippen LogP contribution in [0.15, 0.2) is 146 Å². The molecule has 0 radical (unpaired) electrons. The van der Waals surface area contributed by atoms with Crippen LogP contribution in [0.2, 0.25) is 0 Å². The molecule has 0 saturated heterocycles. The van der Waals surface area contributed by atoms with Crippen molar-refractivity contribution >= 4 is 0 Å². The second kappa shape index (κ2) is 28.7. The number of hydrogen-bond acceptors (Lipinski definition) is 0. The Hall–Kier alpha value is -4.68. The van der Waals surface area contributed by atoms with Crippen molar-refractivity contribution in [1.82, 2.24) is 0 Å². The zero-order valence-electron chi connectivity index (χ0n) is 41.3. The Morgan fingerprint density at radius 1 is 0.233 bits per heavy atom. The lowest BCUT2D eigenvalue weighted by Gasteiger charge is -2.07. The molecule has 0 nitrogen and oxygen atoms in total. The van der Waals surface area contributed by atoms with Crippen molar-refractivity contribution in [2.45, 2.75) is 160 Å². The highest BCUT2D eigenvalue weighted by Crippen LogP contribution is 2.19. The van der Waals surface area contributed by atoms with E-state index >= 15 is 0 Å². The molecule has 6 rings (SSSR count).